The highest BCUT2D eigenvalue weighted by Crippen LogP contribution is 2.25. The number of rotatable bonds is 5. The predicted octanol–water partition coefficient (Wildman–Crippen LogP) is -1.72. The van der Waals surface area contributed by atoms with Gasteiger partial charge in [0.25, 0.3) is 5.56 Å². The van der Waals surface area contributed by atoms with E-state index in [1.165, 1.54) is 4.57 Å². The van der Waals surface area contributed by atoms with Gasteiger partial charge >= 0.3 is 5.69 Å². The van der Waals surface area contributed by atoms with Crippen LogP contribution in [0.1, 0.15) is 11.1 Å². The van der Waals surface area contributed by atoms with Crippen molar-refractivity contribution in [1.82, 2.24) is 19.5 Å². The molecule has 0 amide bonds. The van der Waals surface area contributed by atoms with Gasteiger partial charge in [-0.1, -0.05) is 6.07 Å². The number of aromatic amines is 1. The van der Waals surface area contributed by atoms with E-state index >= 15 is 0 Å². The molecular weight excluding hydrogens is 356 g/mol. The van der Waals surface area contributed by atoms with Crippen molar-refractivity contribution >= 4 is 11.0 Å². The third-order valence-electron chi connectivity index (χ3n) is 4.65. The number of hydrogen-bond acceptors (Lipinski definition) is 8. The molecule has 0 unspecified atom stereocenters. The number of benzene rings is 1. The number of hydrogen-bond donors (Lipinski definition) is 5. The van der Waals surface area contributed by atoms with E-state index in [1.54, 1.807) is 6.07 Å². The van der Waals surface area contributed by atoms with E-state index in [0.29, 0.717) is 11.0 Å². The number of nitrogens with one attached hydrogen (secondary N) is 1. The molecule has 10 nitrogen and oxygen atoms in total. The van der Waals surface area contributed by atoms with Gasteiger partial charge in [-0.25, -0.2) is 9.78 Å². The summed E-state index contributed by atoms with van der Waals surface area (Å²) < 4.78 is 1.40. The molecule has 10 heteroatoms. The molecule has 144 valence electrons. The molecule has 1 aromatic carbocycles. The van der Waals surface area contributed by atoms with Gasteiger partial charge in [0, 0.05) is 0 Å². The van der Waals surface area contributed by atoms with Crippen LogP contribution in [0.3, 0.4) is 0 Å². The summed E-state index contributed by atoms with van der Waals surface area (Å²) >= 11 is 0. The van der Waals surface area contributed by atoms with Gasteiger partial charge in [-0.2, -0.15) is 4.98 Å². The second-order valence-corrected chi connectivity index (χ2v) is 6.45. The van der Waals surface area contributed by atoms with Gasteiger partial charge in [-0.15, -0.1) is 0 Å². The molecule has 3 rings (SSSR count). The van der Waals surface area contributed by atoms with E-state index in [2.05, 4.69) is 15.0 Å². The number of fused-ring (bicyclic) bond motifs is 2. The van der Waals surface area contributed by atoms with Gasteiger partial charge in [-0.05, 0) is 31.0 Å². The van der Waals surface area contributed by atoms with E-state index in [-0.39, 0.29) is 18.1 Å². The van der Waals surface area contributed by atoms with Crippen LogP contribution >= 0.6 is 0 Å². The van der Waals surface area contributed by atoms with Crippen LogP contribution in [0, 0.1) is 13.8 Å². The quantitative estimate of drug-likeness (QED) is 0.328. The zero-order chi connectivity index (χ0) is 19.9. The molecule has 2 heterocycles. The van der Waals surface area contributed by atoms with Crippen LogP contribution in [-0.2, 0) is 6.54 Å². The highest BCUT2D eigenvalue weighted by molar-refractivity contribution is 5.83. The molecule has 2 aliphatic heterocycles. The molecule has 0 radical (unpaired) electrons. The maximum Gasteiger partial charge on any atom is 0.349 e. The van der Waals surface area contributed by atoms with Crippen molar-refractivity contribution in [3.63, 3.8) is 0 Å². The third-order valence-corrected chi connectivity index (χ3v) is 4.65. The maximum atomic E-state index is 12.2. The number of aryl methyl sites for hydroxylation is 2. The number of aromatic nitrogens is 4. The molecule has 5 N–H and O–H groups in total. The van der Waals surface area contributed by atoms with Gasteiger partial charge < -0.3 is 25.0 Å². The van der Waals surface area contributed by atoms with Crippen LogP contribution in [0.2, 0.25) is 0 Å². The summed E-state index contributed by atoms with van der Waals surface area (Å²) in [5, 5.41) is 38.8. The molecule has 3 atom stereocenters. The van der Waals surface area contributed by atoms with Crippen molar-refractivity contribution in [3.8, 4) is 11.5 Å². The molecule has 0 aliphatic carbocycles. The highest BCUT2D eigenvalue weighted by Gasteiger charge is 2.27. The minimum absolute atomic E-state index is 0.0516. The summed E-state index contributed by atoms with van der Waals surface area (Å²) in [4.78, 5) is 34.1. The van der Waals surface area contributed by atoms with E-state index in [1.807, 2.05) is 19.9 Å². The van der Waals surface area contributed by atoms with Crippen LogP contribution in [0.15, 0.2) is 21.7 Å². The number of aliphatic hydroxyl groups is 4. The molecule has 2 aliphatic rings. The summed E-state index contributed by atoms with van der Waals surface area (Å²) in [6.07, 6.45) is -4.68. The maximum absolute atomic E-state index is 12.2. The zero-order valence-corrected chi connectivity index (χ0v) is 14.7. The average molecular weight is 376 g/mol. The van der Waals surface area contributed by atoms with Crippen LogP contribution in [-0.4, -0.2) is 64.9 Å². The molecule has 0 spiro atoms. The Morgan fingerprint density at radius 3 is 2.48 bits per heavy atom. The lowest BCUT2D eigenvalue weighted by atomic mass is 10.1. The van der Waals surface area contributed by atoms with Crippen molar-refractivity contribution in [2.45, 2.75) is 38.7 Å². The fraction of sp³-hybridized carbons (Fsp3) is 0.412. The van der Waals surface area contributed by atoms with Crippen molar-refractivity contribution in [1.29, 1.82) is 0 Å². The van der Waals surface area contributed by atoms with Gasteiger partial charge in [-0.3, -0.25) is 9.78 Å². The van der Waals surface area contributed by atoms with Crippen molar-refractivity contribution < 1.29 is 20.4 Å². The Labute approximate surface area is 152 Å². The minimum atomic E-state index is -1.64. The molecular formula is C17H20N4O6. The Balaban J connectivity index is 2.29. The first-order valence-electron chi connectivity index (χ1n) is 8.30. The van der Waals surface area contributed by atoms with Crippen LogP contribution < -0.4 is 11.2 Å². The molecule has 1 aromatic rings. The molecule has 0 saturated carbocycles. The normalized spacial score (nSPS) is 15.2. The first kappa shape index (κ1) is 19.1. The molecule has 0 fully saturated rings. The second kappa shape index (κ2) is 7.16. The van der Waals surface area contributed by atoms with Crippen LogP contribution in [0.5, 0.6) is 0 Å². The summed E-state index contributed by atoms with van der Waals surface area (Å²) in [5.41, 5.74) is 1.05. The number of nitrogens with zero attached hydrogens (tertiary/aromatic N) is 3. The SMILES string of the molecule is Cc1ccc2c(nc3c(=O)[nH]c(=O)nc-3n2C[C@H](O)[C@H](O)[C@H](O)CO)c1C. The minimum Gasteiger partial charge on any atom is -0.394 e. The molecule has 0 bridgehead atoms. The monoisotopic (exact) mass is 376 g/mol. The molecule has 0 saturated heterocycles. The van der Waals surface area contributed by atoms with E-state index in [0.717, 1.165) is 11.1 Å². The summed E-state index contributed by atoms with van der Waals surface area (Å²) in [6, 6.07) is 3.53. The fourth-order valence-electron chi connectivity index (χ4n) is 2.94. The van der Waals surface area contributed by atoms with Crippen molar-refractivity contribution in [3.05, 3.63) is 44.1 Å². The van der Waals surface area contributed by atoms with Gasteiger partial charge in [0.2, 0.25) is 0 Å². The lowest BCUT2D eigenvalue weighted by Gasteiger charge is -2.25. The fourth-order valence-corrected chi connectivity index (χ4v) is 2.94. The standard InChI is InChI=1S/C17H20N4O6/c1-7-3-4-9-12(8(7)2)18-13-15(19-17(27)20-16(13)26)21(9)5-10(23)14(25)11(24)6-22/h3-4,10-11,14,22-25H,5-6H2,1-2H3,(H,20,26,27)/t10-,11+,14-/m0/s1. The van der Waals surface area contributed by atoms with Crippen molar-refractivity contribution in [2.75, 3.05) is 6.61 Å². The first-order chi connectivity index (χ1) is 12.7. The summed E-state index contributed by atoms with van der Waals surface area (Å²) in [5.74, 6) is -0.0516. The Kier molecular flexibility index (Phi) is 5.07. The van der Waals surface area contributed by atoms with E-state index in [4.69, 9.17) is 5.11 Å². The molecule has 27 heavy (non-hydrogen) atoms. The van der Waals surface area contributed by atoms with Crippen LogP contribution in [0.4, 0.5) is 0 Å². The van der Waals surface area contributed by atoms with Gasteiger partial charge in [0.1, 0.15) is 18.3 Å². The van der Waals surface area contributed by atoms with E-state index < -0.39 is 36.2 Å². The lowest BCUT2D eigenvalue weighted by Crippen LogP contribution is -2.42. The Hall–Kier alpha value is -2.66. The third kappa shape index (κ3) is 3.35. The van der Waals surface area contributed by atoms with Gasteiger partial charge in [0.15, 0.2) is 11.5 Å². The smallest absolute Gasteiger partial charge is 0.349 e. The Bertz CT molecular complexity index is 1080. The Morgan fingerprint density at radius 2 is 1.81 bits per heavy atom. The number of aliphatic hydroxyl groups excluding tert-OH is 4. The average Bonchev–Trinajstić information content (AvgIpc) is 2.64. The zero-order valence-electron chi connectivity index (χ0n) is 14.7. The van der Waals surface area contributed by atoms with Crippen molar-refractivity contribution in [2.24, 2.45) is 0 Å². The predicted molar refractivity (Wildman–Crippen MR) is 95.6 cm³/mol. The van der Waals surface area contributed by atoms with Crippen LogP contribution in [0.25, 0.3) is 22.6 Å². The second-order valence-electron chi connectivity index (χ2n) is 6.45. The Morgan fingerprint density at radius 1 is 1.11 bits per heavy atom. The number of H-pyrrole nitrogens is 1. The summed E-state index contributed by atoms with van der Waals surface area (Å²) in [7, 11) is 0. The highest BCUT2D eigenvalue weighted by atomic mass is 16.4. The largest absolute Gasteiger partial charge is 0.394 e. The summed E-state index contributed by atoms with van der Waals surface area (Å²) in [6.45, 7) is 2.68. The lowest BCUT2D eigenvalue weighted by molar-refractivity contribution is -0.0802. The van der Waals surface area contributed by atoms with E-state index in [9.17, 15) is 24.9 Å². The first-order valence-corrected chi connectivity index (χ1v) is 8.30. The van der Waals surface area contributed by atoms with Gasteiger partial charge in [0.05, 0.1) is 24.2 Å². The topological polar surface area (TPSA) is 162 Å². The molecule has 0 aromatic heterocycles.